The van der Waals surface area contributed by atoms with E-state index in [1.165, 1.54) is 16.6 Å². The van der Waals surface area contributed by atoms with Gasteiger partial charge in [-0.05, 0) is 13.8 Å². The van der Waals surface area contributed by atoms with Gasteiger partial charge in [-0.15, -0.1) is 0 Å². The van der Waals surface area contributed by atoms with E-state index < -0.39 is 24.1 Å². The van der Waals surface area contributed by atoms with E-state index in [9.17, 15) is 22.8 Å². The molecule has 2 aromatic rings. The summed E-state index contributed by atoms with van der Waals surface area (Å²) in [6.07, 6.45) is -1.89. The van der Waals surface area contributed by atoms with Crippen molar-refractivity contribution in [2.24, 2.45) is 0 Å². The van der Waals surface area contributed by atoms with Gasteiger partial charge in [0.05, 0.1) is 18.3 Å². The molecule has 31 heavy (non-hydrogen) atoms. The fraction of sp³-hybridized carbons (Fsp3) is 0.526. The number of halogens is 3. The zero-order valence-corrected chi connectivity index (χ0v) is 17.2. The average Bonchev–Trinajstić information content (AvgIpc) is 3.11. The number of amides is 2. The van der Waals surface area contributed by atoms with Gasteiger partial charge in [-0.3, -0.25) is 9.59 Å². The molecule has 0 aromatic carbocycles. The second-order valence-corrected chi connectivity index (χ2v) is 7.81. The monoisotopic (exact) mass is 437 g/mol. The Bertz CT molecular complexity index is 1020. The van der Waals surface area contributed by atoms with Crippen LogP contribution in [0.3, 0.4) is 0 Å². The van der Waals surface area contributed by atoms with Crippen LogP contribution in [0.1, 0.15) is 59.1 Å². The molecule has 2 N–H and O–H groups in total. The summed E-state index contributed by atoms with van der Waals surface area (Å²) >= 11 is 0. The number of nitrogens with zero attached hydrogens (tertiary/aromatic N) is 5. The van der Waals surface area contributed by atoms with Crippen molar-refractivity contribution >= 4 is 11.8 Å². The van der Waals surface area contributed by atoms with Gasteiger partial charge in [0.15, 0.2) is 0 Å². The van der Waals surface area contributed by atoms with Crippen LogP contribution in [0, 0.1) is 0 Å². The molecule has 4 rings (SSSR count). The molecule has 9 nitrogen and oxygen atoms in total. The summed E-state index contributed by atoms with van der Waals surface area (Å²) in [6.45, 7) is 4.16. The second kappa shape index (κ2) is 7.59. The number of rotatable bonds is 3. The molecule has 0 radical (unpaired) electrons. The molecule has 2 aromatic heterocycles. The minimum atomic E-state index is -4.65. The van der Waals surface area contributed by atoms with Gasteiger partial charge < -0.3 is 15.5 Å². The van der Waals surface area contributed by atoms with Crippen molar-refractivity contribution in [1.82, 2.24) is 35.3 Å². The first-order chi connectivity index (χ1) is 14.6. The highest BCUT2D eigenvalue weighted by molar-refractivity contribution is 5.97. The number of alkyl halides is 3. The standard InChI is InChI=1S/C19H22F3N7O2/c1-9-4-13-12(7-24-9)15-17(31)28(8-14(16(30)23-3)29(15)27-13)10(2)11-5-25-18(26-6-11)19(20,21)22/h5-6,9-10,14,24H,4,7-8H2,1-3H3,(H,23,30)/t9-,10-,14+/m1/s1. The first-order valence-electron chi connectivity index (χ1n) is 9.87. The van der Waals surface area contributed by atoms with Crippen LogP contribution in [0.4, 0.5) is 13.2 Å². The molecule has 2 amide bonds. The average molecular weight is 437 g/mol. The number of hydrogen-bond donors (Lipinski definition) is 2. The van der Waals surface area contributed by atoms with Crippen LogP contribution in [0.15, 0.2) is 12.4 Å². The van der Waals surface area contributed by atoms with E-state index in [2.05, 4.69) is 25.7 Å². The summed E-state index contributed by atoms with van der Waals surface area (Å²) in [4.78, 5) is 34.3. The van der Waals surface area contributed by atoms with Gasteiger partial charge in [-0.25, -0.2) is 14.6 Å². The number of hydrogen-bond acceptors (Lipinski definition) is 6. The second-order valence-electron chi connectivity index (χ2n) is 7.81. The fourth-order valence-electron chi connectivity index (χ4n) is 4.01. The number of carbonyl (C=O) groups is 2. The van der Waals surface area contributed by atoms with Crippen LogP contribution in [0.5, 0.6) is 0 Å². The molecule has 12 heteroatoms. The highest BCUT2D eigenvalue weighted by atomic mass is 19.4. The van der Waals surface area contributed by atoms with Crippen LogP contribution >= 0.6 is 0 Å². The van der Waals surface area contributed by atoms with Crippen molar-refractivity contribution in [2.45, 2.75) is 51.1 Å². The Hall–Kier alpha value is -3.02. The summed E-state index contributed by atoms with van der Waals surface area (Å²) in [6, 6.07) is -1.20. The van der Waals surface area contributed by atoms with Crippen LogP contribution in [0.2, 0.25) is 0 Å². The van der Waals surface area contributed by atoms with Gasteiger partial charge in [0, 0.05) is 49.6 Å². The molecular weight excluding hydrogens is 415 g/mol. The van der Waals surface area contributed by atoms with Gasteiger partial charge >= 0.3 is 6.18 Å². The largest absolute Gasteiger partial charge is 0.451 e. The molecule has 0 aliphatic carbocycles. The Morgan fingerprint density at radius 1 is 1.32 bits per heavy atom. The Kier molecular flexibility index (Phi) is 5.20. The van der Waals surface area contributed by atoms with E-state index in [1.54, 1.807) is 6.92 Å². The summed E-state index contributed by atoms with van der Waals surface area (Å²) in [5.74, 6) is -1.89. The van der Waals surface area contributed by atoms with Gasteiger partial charge in [0.1, 0.15) is 11.7 Å². The summed E-state index contributed by atoms with van der Waals surface area (Å²) in [5, 5.41) is 10.5. The molecule has 166 valence electrons. The smallest absolute Gasteiger partial charge is 0.357 e. The van der Waals surface area contributed by atoms with E-state index in [1.807, 2.05) is 6.92 Å². The summed E-state index contributed by atoms with van der Waals surface area (Å²) < 4.78 is 39.8. The number of aromatic nitrogens is 4. The van der Waals surface area contributed by atoms with Crippen LogP contribution in [-0.2, 0) is 23.9 Å². The number of likely N-dealkylation sites (N-methyl/N-ethyl adjacent to an activating group) is 1. The fourth-order valence-corrected chi connectivity index (χ4v) is 4.01. The maximum absolute atomic E-state index is 13.4. The van der Waals surface area contributed by atoms with Crippen LogP contribution in [0.25, 0.3) is 0 Å². The zero-order valence-electron chi connectivity index (χ0n) is 17.2. The van der Waals surface area contributed by atoms with Gasteiger partial charge in [-0.2, -0.15) is 18.3 Å². The Labute approximate surface area is 176 Å². The molecule has 4 heterocycles. The molecular formula is C19H22F3N7O2. The van der Waals surface area contributed by atoms with Crippen molar-refractivity contribution < 1.29 is 22.8 Å². The molecule has 0 saturated carbocycles. The first-order valence-corrected chi connectivity index (χ1v) is 9.87. The molecule has 0 fully saturated rings. The van der Waals surface area contributed by atoms with Crippen LogP contribution in [-0.4, -0.2) is 56.1 Å². The van der Waals surface area contributed by atoms with Crippen molar-refractivity contribution in [3.8, 4) is 0 Å². The summed E-state index contributed by atoms with van der Waals surface area (Å²) in [5.41, 5.74) is 2.19. The molecule has 0 spiro atoms. The van der Waals surface area contributed by atoms with Gasteiger partial charge in [0.25, 0.3) is 5.91 Å². The maximum Gasteiger partial charge on any atom is 0.451 e. The molecule has 2 aliphatic rings. The molecule has 0 unspecified atom stereocenters. The third kappa shape index (κ3) is 3.64. The van der Waals surface area contributed by atoms with E-state index in [0.29, 0.717) is 24.2 Å². The predicted molar refractivity (Wildman–Crippen MR) is 102 cm³/mol. The highest BCUT2D eigenvalue weighted by Crippen LogP contribution is 2.33. The van der Waals surface area contributed by atoms with E-state index in [4.69, 9.17) is 0 Å². The SMILES string of the molecule is CNC(=O)[C@@H]1CN([C@H](C)c2cnc(C(F)(F)F)nc2)C(=O)c2c3c(nn21)C[C@@H](C)NC3. The quantitative estimate of drug-likeness (QED) is 0.749. The Morgan fingerprint density at radius 3 is 2.61 bits per heavy atom. The normalized spacial score (nSPS) is 22.0. The number of nitrogens with one attached hydrogen (secondary N) is 2. The van der Waals surface area contributed by atoms with Crippen LogP contribution < -0.4 is 10.6 Å². The lowest BCUT2D eigenvalue weighted by Gasteiger charge is -2.37. The zero-order chi connectivity index (χ0) is 22.5. The first kappa shape index (κ1) is 21.2. The molecule has 3 atom stereocenters. The third-order valence-electron chi connectivity index (χ3n) is 5.77. The molecule has 0 bridgehead atoms. The number of fused-ring (bicyclic) bond motifs is 3. The van der Waals surface area contributed by atoms with E-state index >= 15 is 0 Å². The van der Waals surface area contributed by atoms with Crippen molar-refractivity contribution in [2.75, 3.05) is 13.6 Å². The topological polar surface area (TPSA) is 105 Å². The van der Waals surface area contributed by atoms with E-state index in [0.717, 1.165) is 23.7 Å². The lowest BCUT2D eigenvalue weighted by Crippen LogP contribution is -2.49. The third-order valence-corrected chi connectivity index (χ3v) is 5.77. The number of carbonyl (C=O) groups excluding carboxylic acids is 2. The predicted octanol–water partition coefficient (Wildman–Crippen LogP) is 1.23. The Morgan fingerprint density at radius 2 is 2.00 bits per heavy atom. The summed E-state index contributed by atoms with van der Waals surface area (Å²) in [7, 11) is 1.50. The van der Waals surface area contributed by atoms with Crippen molar-refractivity contribution in [3.63, 3.8) is 0 Å². The van der Waals surface area contributed by atoms with E-state index in [-0.39, 0.29) is 24.4 Å². The molecule has 0 saturated heterocycles. The lowest BCUT2D eigenvalue weighted by atomic mass is 9.99. The molecule has 2 aliphatic heterocycles. The lowest BCUT2D eigenvalue weighted by molar-refractivity contribution is -0.145. The van der Waals surface area contributed by atoms with Crippen molar-refractivity contribution in [1.29, 1.82) is 0 Å². The van der Waals surface area contributed by atoms with Gasteiger partial charge in [-0.1, -0.05) is 0 Å². The minimum absolute atomic E-state index is 0.0250. The van der Waals surface area contributed by atoms with Gasteiger partial charge in [0.2, 0.25) is 11.7 Å². The highest BCUT2D eigenvalue weighted by Gasteiger charge is 2.42. The maximum atomic E-state index is 13.4. The van der Waals surface area contributed by atoms with Crippen molar-refractivity contribution in [3.05, 3.63) is 40.7 Å². The Balaban J connectivity index is 1.72. The minimum Gasteiger partial charge on any atom is -0.357 e.